The highest BCUT2D eigenvalue weighted by Gasteiger charge is 2.11. The molecule has 2 aromatic carbocycles. The third-order valence-corrected chi connectivity index (χ3v) is 2.87. The van der Waals surface area contributed by atoms with Crippen LogP contribution < -0.4 is 5.32 Å². The SMILES string of the molecule is N#Cc1cc(F)c(CNc2ccc(C(=O)O)cc2)c(F)c1. The third kappa shape index (κ3) is 3.34. The van der Waals surface area contributed by atoms with Crippen LogP contribution in [0.25, 0.3) is 0 Å². The van der Waals surface area contributed by atoms with Gasteiger partial charge in [-0.3, -0.25) is 0 Å². The first kappa shape index (κ1) is 14.5. The van der Waals surface area contributed by atoms with Crippen LogP contribution in [0, 0.1) is 23.0 Å². The maximum Gasteiger partial charge on any atom is 0.335 e. The molecule has 0 saturated heterocycles. The summed E-state index contributed by atoms with van der Waals surface area (Å²) in [5.41, 5.74) is 0.385. The summed E-state index contributed by atoms with van der Waals surface area (Å²) in [6.07, 6.45) is 0. The molecule has 4 nitrogen and oxygen atoms in total. The number of nitrogens with zero attached hydrogens (tertiary/aromatic N) is 1. The molecule has 0 aromatic heterocycles. The molecule has 2 aromatic rings. The van der Waals surface area contributed by atoms with Crippen LogP contribution in [0.1, 0.15) is 21.5 Å². The number of rotatable bonds is 4. The van der Waals surface area contributed by atoms with Crippen LogP contribution >= 0.6 is 0 Å². The van der Waals surface area contributed by atoms with Crippen LogP contribution in [-0.2, 0) is 6.54 Å². The minimum absolute atomic E-state index is 0.0837. The second-order valence-electron chi connectivity index (χ2n) is 4.27. The lowest BCUT2D eigenvalue weighted by atomic mass is 10.1. The van der Waals surface area contributed by atoms with Gasteiger partial charge in [-0.1, -0.05) is 0 Å². The number of anilines is 1. The average Bonchev–Trinajstić information content (AvgIpc) is 2.46. The molecule has 0 spiro atoms. The molecule has 0 aliphatic rings. The van der Waals surface area contributed by atoms with Gasteiger partial charge in [-0.05, 0) is 36.4 Å². The highest BCUT2D eigenvalue weighted by Crippen LogP contribution is 2.17. The highest BCUT2D eigenvalue weighted by molar-refractivity contribution is 5.87. The predicted molar refractivity (Wildman–Crippen MR) is 71.8 cm³/mol. The highest BCUT2D eigenvalue weighted by atomic mass is 19.1. The van der Waals surface area contributed by atoms with Gasteiger partial charge in [0.1, 0.15) is 11.6 Å². The van der Waals surface area contributed by atoms with Crippen LogP contribution in [0.3, 0.4) is 0 Å². The van der Waals surface area contributed by atoms with Gasteiger partial charge in [-0.2, -0.15) is 5.26 Å². The fourth-order valence-corrected chi connectivity index (χ4v) is 1.76. The molecular weight excluding hydrogens is 278 g/mol. The minimum Gasteiger partial charge on any atom is -0.478 e. The van der Waals surface area contributed by atoms with Crippen LogP contribution in [0.15, 0.2) is 36.4 Å². The van der Waals surface area contributed by atoms with E-state index in [-0.39, 0.29) is 23.2 Å². The summed E-state index contributed by atoms with van der Waals surface area (Å²) >= 11 is 0. The summed E-state index contributed by atoms with van der Waals surface area (Å²) < 4.78 is 27.3. The lowest BCUT2D eigenvalue weighted by Gasteiger charge is -2.09. The van der Waals surface area contributed by atoms with Crippen molar-refractivity contribution >= 4 is 11.7 Å². The number of nitrogens with one attached hydrogen (secondary N) is 1. The molecule has 0 amide bonds. The Balaban J connectivity index is 2.13. The van der Waals surface area contributed by atoms with E-state index in [2.05, 4.69) is 5.32 Å². The third-order valence-electron chi connectivity index (χ3n) is 2.87. The Morgan fingerprint density at radius 1 is 1.19 bits per heavy atom. The summed E-state index contributed by atoms with van der Waals surface area (Å²) in [5.74, 6) is -2.66. The fraction of sp³-hybridized carbons (Fsp3) is 0.0667. The lowest BCUT2D eigenvalue weighted by Crippen LogP contribution is -2.05. The van der Waals surface area contributed by atoms with Gasteiger partial charge in [0, 0.05) is 17.8 Å². The molecular formula is C15H10F2N2O2. The maximum absolute atomic E-state index is 13.7. The van der Waals surface area contributed by atoms with Gasteiger partial charge in [-0.15, -0.1) is 0 Å². The quantitative estimate of drug-likeness (QED) is 0.906. The molecule has 21 heavy (non-hydrogen) atoms. The zero-order valence-electron chi connectivity index (χ0n) is 10.7. The zero-order valence-corrected chi connectivity index (χ0v) is 10.7. The Morgan fingerprint density at radius 3 is 2.24 bits per heavy atom. The van der Waals surface area contributed by atoms with Crippen LogP contribution in [-0.4, -0.2) is 11.1 Å². The number of benzene rings is 2. The summed E-state index contributed by atoms with van der Waals surface area (Å²) in [5, 5.41) is 20.2. The van der Waals surface area contributed by atoms with Gasteiger partial charge >= 0.3 is 5.97 Å². The Hall–Kier alpha value is -2.94. The number of hydrogen-bond donors (Lipinski definition) is 2. The van der Waals surface area contributed by atoms with Crippen molar-refractivity contribution in [1.82, 2.24) is 0 Å². The summed E-state index contributed by atoms with van der Waals surface area (Å²) in [6, 6.07) is 9.38. The minimum atomic E-state index is -1.05. The average molecular weight is 288 g/mol. The molecule has 2 rings (SSSR count). The molecule has 0 atom stereocenters. The Bertz CT molecular complexity index is 698. The number of carboxylic acid groups (broad SMARTS) is 1. The number of halogens is 2. The standard InChI is InChI=1S/C15H10F2N2O2/c16-13-5-9(7-18)6-14(17)12(13)8-19-11-3-1-10(2-4-11)15(20)21/h1-6,19H,8H2,(H,20,21). The van der Waals surface area contributed by atoms with Crippen molar-refractivity contribution < 1.29 is 18.7 Å². The molecule has 0 aliphatic heterocycles. The first-order valence-electron chi connectivity index (χ1n) is 5.96. The zero-order chi connectivity index (χ0) is 15.4. The van der Waals surface area contributed by atoms with E-state index in [1.54, 1.807) is 6.07 Å². The van der Waals surface area contributed by atoms with E-state index in [0.717, 1.165) is 12.1 Å². The molecule has 0 bridgehead atoms. The van der Waals surface area contributed by atoms with Crippen LogP contribution in [0.4, 0.5) is 14.5 Å². The molecule has 2 N–H and O–H groups in total. The first-order chi connectivity index (χ1) is 10.0. The predicted octanol–water partition coefficient (Wildman–Crippen LogP) is 3.15. The number of hydrogen-bond acceptors (Lipinski definition) is 3. The van der Waals surface area contributed by atoms with Crippen molar-refractivity contribution in [1.29, 1.82) is 5.26 Å². The summed E-state index contributed by atoms with van der Waals surface area (Å²) in [7, 11) is 0. The van der Waals surface area contributed by atoms with E-state index in [9.17, 15) is 13.6 Å². The second-order valence-corrected chi connectivity index (χ2v) is 4.27. The molecule has 6 heteroatoms. The summed E-state index contributed by atoms with van der Waals surface area (Å²) in [6.45, 7) is -0.115. The molecule has 0 unspecified atom stereocenters. The molecule has 0 heterocycles. The summed E-state index contributed by atoms with van der Waals surface area (Å²) in [4.78, 5) is 10.7. The van der Waals surface area contributed by atoms with E-state index in [0.29, 0.717) is 5.69 Å². The van der Waals surface area contributed by atoms with Crippen molar-refractivity contribution in [2.75, 3.05) is 5.32 Å². The molecule has 0 aliphatic carbocycles. The topological polar surface area (TPSA) is 73.1 Å². The molecule has 0 radical (unpaired) electrons. The fourth-order valence-electron chi connectivity index (χ4n) is 1.76. The Labute approximate surface area is 119 Å². The first-order valence-corrected chi connectivity index (χ1v) is 5.96. The lowest BCUT2D eigenvalue weighted by molar-refractivity contribution is 0.0697. The maximum atomic E-state index is 13.7. The van der Waals surface area contributed by atoms with Crippen LogP contribution in [0.2, 0.25) is 0 Å². The van der Waals surface area contributed by atoms with Gasteiger partial charge in [0.05, 0.1) is 17.2 Å². The van der Waals surface area contributed by atoms with Crippen molar-refractivity contribution in [3.05, 3.63) is 64.7 Å². The smallest absolute Gasteiger partial charge is 0.335 e. The van der Waals surface area contributed by atoms with Gasteiger partial charge < -0.3 is 10.4 Å². The van der Waals surface area contributed by atoms with Gasteiger partial charge in [0.15, 0.2) is 0 Å². The van der Waals surface area contributed by atoms with Crippen LogP contribution in [0.5, 0.6) is 0 Å². The van der Waals surface area contributed by atoms with Gasteiger partial charge in [0.2, 0.25) is 0 Å². The molecule has 0 fully saturated rings. The monoisotopic (exact) mass is 288 g/mol. The van der Waals surface area contributed by atoms with Crippen molar-refractivity contribution in [3.8, 4) is 6.07 Å². The number of aromatic carboxylic acids is 1. The number of nitriles is 1. The van der Waals surface area contributed by atoms with E-state index < -0.39 is 17.6 Å². The van der Waals surface area contributed by atoms with E-state index >= 15 is 0 Å². The number of carboxylic acids is 1. The largest absolute Gasteiger partial charge is 0.478 e. The van der Waals surface area contributed by atoms with Crippen molar-refractivity contribution in [2.24, 2.45) is 0 Å². The van der Waals surface area contributed by atoms with Gasteiger partial charge in [0.25, 0.3) is 0 Å². The molecule has 0 saturated carbocycles. The second kappa shape index (κ2) is 6.01. The Kier molecular flexibility index (Phi) is 4.14. The normalized spacial score (nSPS) is 9.95. The Morgan fingerprint density at radius 2 is 1.76 bits per heavy atom. The van der Waals surface area contributed by atoms with Crippen molar-refractivity contribution in [2.45, 2.75) is 6.54 Å². The van der Waals surface area contributed by atoms with E-state index in [1.807, 2.05) is 0 Å². The van der Waals surface area contributed by atoms with E-state index in [1.165, 1.54) is 24.3 Å². The van der Waals surface area contributed by atoms with Gasteiger partial charge in [-0.25, -0.2) is 13.6 Å². The number of carbonyl (C=O) groups is 1. The molecule has 106 valence electrons. The van der Waals surface area contributed by atoms with Crippen molar-refractivity contribution in [3.63, 3.8) is 0 Å². The van der Waals surface area contributed by atoms with E-state index in [4.69, 9.17) is 10.4 Å².